The third-order valence-electron chi connectivity index (χ3n) is 6.40. The molecule has 192 valence electrons. The van der Waals surface area contributed by atoms with Gasteiger partial charge in [-0.3, -0.25) is 4.79 Å². The molecule has 0 saturated heterocycles. The monoisotopic (exact) mass is 510 g/mol. The lowest BCUT2D eigenvalue weighted by Gasteiger charge is -2.19. The van der Waals surface area contributed by atoms with E-state index in [-0.39, 0.29) is 5.91 Å². The number of hydrogen-bond donors (Lipinski definition) is 0. The first-order valence-electron chi connectivity index (χ1n) is 12.2. The summed E-state index contributed by atoms with van der Waals surface area (Å²) in [6, 6.07) is 25.1. The predicted octanol–water partition coefficient (Wildman–Crippen LogP) is 5.53. The zero-order valence-electron chi connectivity index (χ0n) is 21.4. The fraction of sp³-hybridized carbons (Fsp3) is 0.167. The summed E-state index contributed by atoms with van der Waals surface area (Å²) in [4.78, 5) is 20.0. The van der Waals surface area contributed by atoms with Crippen LogP contribution in [0.5, 0.6) is 11.5 Å². The number of nitrogens with zero attached hydrogens (tertiary/aromatic N) is 4. The Balaban J connectivity index is 1.50. The zero-order valence-corrected chi connectivity index (χ0v) is 21.4. The van der Waals surface area contributed by atoms with Gasteiger partial charge >= 0.3 is 0 Å². The Labute approximate surface area is 220 Å². The SMILES string of the molecule is COc1ccc(CCN(C)C(=O)c2cc(-c3ccccc3F)nc3cc(-c4ccccc4)nn23)cc1OC. The minimum atomic E-state index is -0.410. The van der Waals surface area contributed by atoms with Crippen LogP contribution in [0, 0.1) is 5.82 Å². The molecule has 5 aromatic rings. The van der Waals surface area contributed by atoms with Crippen LogP contribution in [0.25, 0.3) is 28.2 Å². The summed E-state index contributed by atoms with van der Waals surface area (Å²) in [6.07, 6.45) is 0.603. The van der Waals surface area contributed by atoms with Crippen LogP contribution >= 0.6 is 0 Å². The number of carbonyl (C=O) groups is 1. The number of methoxy groups -OCH3 is 2. The third-order valence-corrected chi connectivity index (χ3v) is 6.40. The molecule has 0 fully saturated rings. The van der Waals surface area contributed by atoms with E-state index in [2.05, 4.69) is 10.1 Å². The van der Waals surface area contributed by atoms with Crippen molar-refractivity contribution in [2.45, 2.75) is 6.42 Å². The Morgan fingerprint density at radius 1 is 0.895 bits per heavy atom. The summed E-state index contributed by atoms with van der Waals surface area (Å²) >= 11 is 0. The number of ether oxygens (including phenoxy) is 2. The molecule has 1 amide bonds. The van der Waals surface area contributed by atoms with E-state index in [1.54, 1.807) is 56.5 Å². The number of halogens is 1. The summed E-state index contributed by atoms with van der Waals surface area (Å²) < 4.78 is 26.9. The van der Waals surface area contributed by atoms with Crippen molar-refractivity contribution >= 4 is 11.6 Å². The minimum absolute atomic E-state index is 0.252. The second-order valence-electron chi connectivity index (χ2n) is 8.84. The van der Waals surface area contributed by atoms with Gasteiger partial charge in [0.1, 0.15) is 11.5 Å². The molecule has 0 spiro atoms. The highest BCUT2D eigenvalue weighted by Gasteiger charge is 2.21. The van der Waals surface area contributed by atoms with Gasteiger partial charge in [0.2, 0.25) is 0 Å². The Morgan fingerprint density at radius 3 is 2.37 bits per heavy atom. The van der Waals surface area contributed by atoms with Crippen LogP contribution in [0.4, 0.5) is 4.39 Å². The van der Waals surface area contributed by atoms with Gasteiger partial charge in [0.05, 0.1) is 25.6 Å². The molecule has 0 aliphatic carbocycles. The fourth-order valence-electron chi connectivity index (χ4n) is 4.31. The van der Waals surface area contributed by atoms with Gasteiger partial charge in [0, 0.05) is 30.8 Å². The van der Waals surface area contributed by atoms with Crippen LogP contribution in [0.15, 0.2) is 84.9 Å². The number of likely N-dealkylation sites (N-methyl/N-ethyl adjacent to an activating group) is 1. The Hall–Kier alpha value is -4.72. The molecule has 0 aliphatic heterocycles. The Morgan fingerprint density at radius 2 is 1.63 bits per heavy atom. The topological polar surface area (TPSA) is 69.0 Å². The number of fused-ring (bicyclic) bond motifs is 1. The van der Waals surface area contributed by atoms with Gasteiger partial charge in [0.15, 0.2) is 17.1 Å². The molecule has 3 aromatic carbocycles. The van der Waals surface area contributed by atoms with E-state index >= 15 is 0 Å². The van der Waals surface area contributed by atoms with Crippen molar-refractivity contribution in [3.05, 3.63) is 102 Å². The van der Waals surface area contributed by atoms with Gasteiger partial charge in [-0.05, 0) is 42.3 Å². The highest BCUT2D eigenvalue weighted by molar-refractivity contribution is 5.94. The maximum atomic E-state index is 14.7. The molecule has 8 heteroatoms. The van der Waals surface area contributed by atoms with Crippen molar-refractivity contribution in [1.29, 1.82) is 0 Å². The lowest BCUT2D eigenvalue weighted by atomic mass is 10.1. The molecule has 0 unspecified atom stereocenters. The van der Waals surface area contributed by atoms with Crippen molar-refractivity contribution in [3.63, 3.8) is 0 Å². The number of carbonyl (C=O) groups excluding carboxylic acids is 1. The minimum Gasteiger partial charge on any atom is -0.493 e. The second kappa shape index (κ2) is 10.7. The van der Waals surface area contributed by atoms with Crippen molar-refractivity contribution in [2.75, 3.05) is 27.8 Å². The van der Waals surface area contributed by atoms with Gasteiger partial charge in [-0.1, -0.05) is 48.5 Å². The highest BCUT2D eigenvalue weighted by Crippen LogP contribution is 2.28. The van der Waals surface area contributed by atoms with Gasteiger partial charge in [-0.15, -0.1) is 0 Å². The molecule has 38 heavy (non-hydrogen) atoms. The molecular formula is C30H27FN4O3. The van der Waals surface area contributed by atoms with Crippen molar-refractivity contribution in [2.24, 2.45) is 0 Å². The van der Waals surface area contributed by atoms with Crippen LogP contribution in [-0.4, -0.2) is 53.2 Å². The first-order chi connectivity index (χ1) is 18.5. The lowest BCUT2D eigenvalue weighted by molar-refractivity contribution is 0.0788. The average molecular weight is 511 g/mol. The number of amides is 1. The molecule has 0 N–H and O–H groups in total. The summed E-state index contributed by atoms with van der Waals surface area (Å²) in [5, 5.41) is 4.69. The van der Waals surface area contributed by atoms with E-state index in [0.717, 1.165) is 11.1 Å². The largest absolute Gasteiger partial charge is 0.493 e. The van der Waals surface area contributed by atoms with E-state index in [1.165, 1.54) is 10.6 Å². The molecule has 5 rings (SSSR count). The summed E-state index contributed by atoms with van der Waals surface area (Å²) in [5.74, 6) is 0.619. The van der Waals surface area contributed by atoms with Crippen LogP contribution in [0.1, 0.15) is 16.1 Å². The first-order valence-corrected chi connectivity index (χ1v) is 12.2. The van der Waals surface area contributed by atoms with Gasteiger partial charge in [0.25, 0.3) is 5.91 Å². The van der Waals surface area contributed by atoms with E-state index < -0.39 is 5.82 Å². The number of aromatic nitrogens is 3. The van der Waals surface area contributed by atoms with Crippen LogP contribution < -0.4 is 9.47 Å². The maximum Gasteiger partial charge on any atom is 0.272 e. The Bertz CT molecular complexity index is 1600. The predicted molar refractivity (Wildman–Crippen MR) is 144 cm³/mol. The number of benzene rings is 3. The van der Waals surface area contributed by atoms with E-state index in [4.69, 9.17) is 9.47 Å². The number of hydrogen-bond acceptors (Lipinski definition) is 5. The average Bonchev–Trinajstić information content (AvgIpc) is 3.40. The summed E-state index contributed by atoms with van der Waals surface area (Å²) in [5.41, 5.74) is 4.01. The van der Waals surface area contributed by atoms with Crippen LogP contribution in [0.2, 0.25) is 0 Å². The van der Waals surface area contributed by atoms with Crippen LogP contribution in [-0.2, 0) is 6.42 Å². The molecule has 0 saturated carbocycles. The molecule has 2 aromatic heterocycles. The molecule has 0 aliphatic rings. The zero-order chi connectivity index (χ0) is 26.6. The van der Waals surface area contributed by atoms with Gasteiger partial charge < -0.3 is 14.4 Å². The summed E-state index contributed by atoms with van der Waals surface area (Å²) in [7, 11) is 4.92. The smallest absolute Gasteiger partial charge is 0.272 e. The molecule has 0 atom stereocenters. The van der Waals surface area contributed by atoms with Gasteiger partial charge in [-0.2, -0.15) is 5.10 Å². The second-order valence-corrected chi connectivity index (χ2v) is 8.84. The quantitative estimate of drug-likeness (QED) is 0.274. The van der Waals surface area contributed by atoms with E-state index in [9.17, 15) is 9.18 Å². The standard InChI is InChI=1S/C30H27FN4O3/c1-34(16-15-20-13-14-27(37-2)28(17-20)38-3)30(36)26-18-25(22-11-7-8-12-23(22)31)32-29-19-24(33-35(26)29)21-9-5-4-6-10-21/h4-14,17-19H,15-16H2,1-3H3. The molecule has 0 radical (unpaired) electrons. The lowest BCUT2D eigenvalue weighted by Crippen LogP contribution is -2.30. The Kier molecular flexibility index (Phi) is 7.04. The van der Waals surface area contributed by atoms with Crippen molar-refractivity contribution < 1.29 is 18.7 Å². The van der Waals surface area contributed by atoms with Crippen molar-refractivity contribution in [3.8, 4) is 34.0 Å². The van der Waals surface area contributed by atoms with Gasteiger partial charge in [-0.25, -0.2) is 13.9 Å². The molecule has 7 nitrogen and oxygen atoms in total. The van der Waals surface area contributed by atoms with E-state index in [0.29, 0.717) is 52.8 Å². The van der Waals surface area contributed by atoms with Crippen LogP contribution in [0.3, 0.4) is 0 Å². The third kappa shape index (κ3) is 4.93. The summed E-state index contributed by atoms with van der Waals surface area (Å²) in [6.45, 7) is 0.444. The molecule has 2 heterocycles. The highest BCUT2D eigenvalue weighted by atomic mass is 19.1. The molecule has 0 bridgehead atoms. The van der Waals surface area contributed by atoms with E-state index in [1.807, 2.05) is 48.5 Å². The molecular weight excluding hydrogens is 483 g/mol. The van der Waals surface area contributed by atoms with Crippen molar-refractivity contribution in [1.82, 2.24) is 19.5 Å². The first kappa shape index (κ1) is 25.0. The normalized spacial score (nSPS) is 10.9. The fourth-order valence-corrected chi connectivity index (χ4v) is 4.31. The maximum absolute atomic E-state index is 14.7. The number of rotatable bonds is 8.